The van der Waals surface area contributed by atoms with E-state index in [0.717, 1.165) is 5.56 Å². The van der Waals surface area contributed by atoms with Gasteiger partial charge in [0.15, 0.2) is 11.0 Å². The molecule has 1 aromatic heterocycles. The van der Waals surface area contributed by atoms with Crippen LogP contribution < -0.4 is 11.1 Å². The van der Waals surface area contributed by atoms with Crippen LogP contribution in [0.4, 0.5) is 5.82 Å². The molecule has 3 N–H and O–H groups in total. The lowest BCUT2D eigenvalue weighted by Crippen LogP contribution is -2.30. The monoisotopic (exact) mass is 324 g/mol. The number of nitrogens with two attached hydrogens (primary N) is 1. The maximum absolute atomic E-state index is 12.2. The van der Waals surface area contributed by atoms with Crippen molar-refractivity contribution in [1.82, 2.24) is 9.97 Å². The molecule has 0 saturated heterocycles. The summed E-state index contributed by atoms with van der Waals surface area (Å²) in [5.41, 5.74) is 6.99. The van der Waals surface area contributed by atoms with Crippen LogP contribution in [0, 0.1) is 5.92 Å². The number of carbonyl (C=O) groups is 1. The predicted octanol–water partition coefficient (Wildman–Crippen LogP) is 3.06. The Morgan fingerprint density at radius 3 is 2.57 bits per heavy atom. The Morgan fingerprint density at radius 2 is 1.90 bits per heavy atom. The minimum Gasteiger partial charge on any atom is -0.323 e. The van der Waals surface area contributed by atoms with E-state index in [0.29, 0.717) is 0 Å². The molecule has 110 valence electrons. The quantitative estimate of drug-likeness (QED) is 0.847. The van der Waals surface area contributed by atoms with Crippen LogP contribution in [0.5, 0.6) is 0 Å². The van der Waals surface area contributed by atoms with Crippen LogP contribution in [-0.4, -0.2) is 15.9 Å². The number of benzene rings is 1. The zero-order chi connectivity index (χ0) is 15.4. The van der Waals surface area contributed by atoms with Crippen molar-refractivity contribution in [3.05, 3.63) is 52.4 Å². The summed E-state index contributed by atoms with van der Waals surface area (Å²) in [4.78, 5) is 19.9. The first-order valence-corrected chi connectivity index (χ1v) is 7.03. The van der Waals surface area contributed by atoms with Gasteiger partial charge in [0.1, 0.15) is 11.3 Å². The average molecular weight is 325 g/mol. The summed E-state index contributed by atoms with van der Waals surface area (Å²) in [6.07, 6.45) is 1.23. The minimum absolute atomic E-state index is 0.0852. The standard InChI is InChI=1S/C14H14Cl2N4O/c1-8(11(17)9-5-3-2-4-6-9)14(21)20-13-10(15)12(16)18-7-19-13/h2-8,11H,17H2,1H3,(H,18,19,20,21). The van der Waals surface area contributed by atoms with E-state index < -0.39 is 12.0 Å². The number of carbonyl (C=O) groups excluding carboxylic acids is 1. The molecule has 2 unspecified atom stereocenters. The summed E-state index contributed by atoms with van der Waals surface area (Å²) in [5.74, 6) is -0.575. The van der Waals surface area contributed by atoms with E-state index >= 15 is 0 Å². The van der Waals surface area contributed by atoms with E-state index in [1.165, 1.54) is 6.33 Å². The fourth-order valence-corrected chi connectivity index (χ4v) is 2.07. The molecule has 1 heterocycles. The first-order valence-electron chi connectivity index (χ1n) is 6.28. The molecular formula is C14H14Cl2N4O. The molecule has 2 aromatic rings. The number of anilines is 1. The molecule has 7 heteroatoms. The van der Waals surface area contributed by atoms with E-state index in [2.05, 4.69) is 15.3 Å². The molecule has 1 aromatic carbocycles. The van der Waals surface area contributed by atoms with E-state index in [9.17, 15) is 4.79 Å². The van der Waals surface area contributed by atoms with Crippen LogP contribution >= 0.6 is 23.2 Å². The van der Waals surface area contributed by atoms with Gasteiger partial charge in [-0.2, -0.15) is 0 Å². The van der Waals surface area contributed by atoms with Crippen molar-refractivity contribution < 1.29 is 4.79 Å². The van der Waals surface area contributed by atoms with Crippen LogP contribution in [0.3, 0.4) is 0 Å². The molecule has 21 heavy (non-hydrogen) atoms. The highest BCUT2D eigenvalue weighted by Gasteiger charge is 2.23. The van der Waals surface area contributed by atoms with Crippen LogP contribution in [0.25, 0.3) is 0 Å². The van der Waals surface area contributed by atoms with E-state index in [4.69, 9.17) is 28.9 Å². The first kappa shape index (κ1) is 15.7. The van der Waals surface area contributed by atoms with Crippen LogP contribution in [0.1, 0.15) is 18.5 Å². The van der Waals surface area contributed by atoms with Gasteiger partial charge < -0.3 is 11.1 Å². The van der Waals surface area contributed by atoms with Gasteiger partial charge in [-0.25, -0.2) is 9.97 Å². The highest BCUT2D eigenvalue weighted by molar-refractivity contribution is 6.42. The summed E-state index contributed by atoms with van der Waals surface area (Å²) in [6, 6.07) is 8.97. The fourth-order valence-electron chi connectivity index (χ4n) is 1.79. The Morgan fingerprint density at radius 1 is 1.24 bits per heavy atom. The Kier molecular flexibility index (Phi) is 5.12. The van der Waals surface area contributed by atoms with E-state index in [-0.39, 0.29) is 21.9 Å². The summed E-state index contributed by atoms with van der Waals surface area (Å²) >= 11 is 11.7. The van der Waals surface area contributed by atoms with Crippen LogP contribution in [0.15, 0.2) is 36.7 Å². The number of nitrogens with one attached hydrogen (secondary N) is 1. The van der Waals surface area contributed by atoms with Gasteiger partial charge in [0, 0.05) is 6.04 Å². The largest absolute Gasteiger partial charge is 0.323 e. The highest BCUT2D eigenvalue weighted by Crippen LogP contribution is 2.27. The molecule has 0 aliphatic rings. The van der Waals surface area contributed by atoms with Gasteiger partial charge in [-0.1, -0.05) is 60.5 Å². The molecule has 0 bridgehead atoms. The van der Waals surface area contributed by atoms with Gasteiger partial charge >= 0.3 is 0 Å². The molecule has 0 aliphatic carbocycles. The van der Waals surface area contributed by atoms with Crippen molar-refractivity contribution in [3.8, 4) is 0 Å². The van der Waals surface area contributed by atoms with Gasteiger partial charge in [-0.3, -0.25) is 4.79 Å². The smallest absolute Gasteiger partial charge is 0.230 e. The molecule has 2 atom stereocenters. The third-order valence-electron chi connectivity index (χ3n) is 3.13. The third kappa shape index (κ3) is 3.69. The summed E-state index contributed by atoms with van der Waals surface area (Å²) in [7, 11) is 0. The molecule has 0 radical (unpaired) electrons. The first-order chi connectivity index (χ1) is 10.0. The van der Waals surface area contributed by atoms with Gasteiger partial charge in [-0.05, 0) is 5.56 Å². The fraction of sp³-hybridized carbons (Fsp3) is 0.214. The lowest BCUT2D eigenvalue weighted by Gasteiger charge is -2.19. The van der Waals surface area contributed by atoms with Crippen molar-refractivity contribution in [2.24, 2.45) is 11.7 Å². The molecule has 0 spiro atoms. The number of rotatable bonds is 4. The lowest BCUT2D eigenvalue weighted by atomic mass is 9.95. The molecule has 2 rings (SSSR count). The number of hydrogen-bond acceptors (Lipinski definition) is 4. The van der Waals surface area contributed by atoms with Gasteiger partial charge in [-0.15, -0.1) is 0 Å². The van der Waals surface area contributed by atoms with Crippen LogP contribution in [-0.2, 0) is 4.79 Å². The molecule has 0 saturated carbocycles. The van der Waals surface area contributed by atoms with Gasteiger partial charge in [0.25, 0.3) is 0 Å². The van der Waals surface area contributed by atoms with Crippen molar-refractivity contribution in [3.63, 3.8) is 0 Å². The SMILES string of the molecule is CC(C(=O)Nc1ncnc(Cl)c1Cl)C(N)c1ccccc1. The Hall–Kier alpha value is -1.69. The number of halogens is 2. The highest BCUT2D eigenvalue weighted by atomic mass is 35.5. The zero-order valence-corrected chi connectivity index (χ0v) is 12.8. The third-order valence-corrected chi connectivity index (χ3v) is 3.87. The number of amides is 1. The van der Waals surface area contributed by atoms with Crippen molar-refractivity contribution in [1.29, 1.82) is 0 Å². The average Bonchev–Trinajstić information content (AvgIpc) is 2.51. The topological polar surface area (TPSA) is 80.9 Å². The van der Waals surface area contributed by atoms with Gasteiger partial charge in [0.2, 0.25) is 5.91 Å². The second kappa shape index (κ2) is 6.85. The second-order valence-electron chi connectivity index (χ2n) is 4.54. The predicted molar refractivity (Wildman–Crippen MR) is 83.2 cm³/mol. The maximum atomic E-state index is 12.2. The molecule has 5 nitrogen and oxygen atoms in total. The van der Waals surface area contributed by atoms with Crippen LogP contribution in [0.2, 0.25) is 10.2 Å². The van der Waals surface area contributed by atoms with Crippen molar-refractivity contribution in [2.45, 2.75) is 13.0 Å². The van der Waals surface area contributed by atoms with E-state index in [1.54, 1.807) is 6.92 Å². The Balaban J connectivity index is 2.11. The Bertz CT molecular complexity index is 636. The minimum atomic E-state index is -0.461. The Labute approximate surface area is 132 Å². The molecule has 0 aliphatic heterocycles. The van der Waals surface area contributed by atoms with Crippen molar-refractivity contribution in [2.75, 3.05) is 5.32 Å². The second-order valence-corrected chi connectivity index (χ2v) is 5.28. The lowest BCUT2D eigenvalue weighted by molar-refractivity contribution is -0.120. The normalized spacial score (nSPS) is 13.5. The summed E-state index contributed by atoms with van der Waals surface area (Å²) < 4.78 is 0. The zero-order valence-electron chi connectivity index (χ0n) is 11.3. The molecular weight excluding hydrogens is 311 g/mol. The number of aromatic nitrogens is 2. The maximum Gasteiger partial charge on any atom is 0.230 e. The van der Waals surface area contributed by atoms with Crippen molar-refractivity contribution >= 4 is 34.9 Å². The van der Waals surface area contributed by atoms with Gasteiger partial charge in [0.05, 0.1) is 5.92 Å². The molecule has 0 fully saturated rings. The van der Waals surface area contributed by atoms with E-state index in [1.807, 2.05) is 30.3 Å². The number of hydrogen-bond donors (Lipinski definition) is 2. The summed E-state index contributed by atoms with van der Waals surface area (Å²) in [5, 5.41) is 2.80. The number of nitrogens with zero attached hydrogens (tertiary/aromatic N) is 2. The molecule has 1 amide bonds. The summed E-state index contributed by atoms with van der Waals surface area (Å²) in [6.45, 7) is 1.74.